The van der Waals surface area contributed by atoms with E-state index in [1.807, 2.05) is 32.0 Å². The number of alkyl halides is 1. The number of halogens is 2. The average molecular weight is 357 g/mol. The third kappa shape index (κ3) is 5.18. The number of piperidine rings is 1. The summed E-state index contributed by atoms with van der Waals surface area (Å²) in [6.45, 7) is 7.69. The van der Waals surface area contributed by atoms with E-state index in [1.54, 1.807) is 0 Å². The van der Waals surface area contributed by atoms with E-state index in [-0.39, 0.29) is 31.0 Å². The van der Waals surface area contributed by atoms with Gasteiger partial charge in [0, 0.05) is 5.69 Å². The fourth-order valence-corrected chi connectivity index (χ4v) is 3.55. The number of rotatable bonds is 6. The summed E-state index contributed by atoms with van der Waals surface area (Å²) in [6.07, 6.45) is 3.37. The van der Waals surface area contributed by atoms with Crippen LogP contribution in [-0.4, -0.2) is 36.6 Å². The predicted octanol–water partition coefficient (Wildman–Crippen LogP) is 4.51. The third-order valence-electron chi connectivity index (χ3n) is 4.88. The first-order chi connectivity index (χ1) is 11.1. The van der Waals surface area contributed by atoms with Gasteiger partial charge in [-0.05, 0) is 69.7 Å². The maximum atomic E-state index is 12.9. The number of hydrogen-bond acceptors (Lipinski definition) is 2. The fourth-order valence-electron chi connectivity index (χ4n) is 3.55. The van der Waals surface area contributed by atoms with E-state index < -0.39 is 0 Å². The van der Waals surface area contributed by atoms with Crippen LogP contribution in [0.5, 0.6) is 0 Å². The Kier molecular flexibility index (Phi) is 8.71. The molecule has 1 heterocycles. The SMILES string of the molecule is CCCN1CC[C@@H](CCF)C[C@H]1C(=O)Nc1c(C)cccc1C.Cl. The Morgan fingerprint density at radius 1 is 1.33 bits per heavy atom. The molecule has 2 atom stereocenters. The number of aryl methyl sites for hydroxylation is 2. The van der Waals surface area contributed by atoms with Crippen molar-refractivity contribution >= 4 is 24.0 Å². The van der Waals surface area contributed by atoms with E-state index in [9.17, 15) is 9.18 Å². The van der Waals surface area contributed by atoms with E-state index in [1.165, 1.54) is 0 Å². The van der Waals surface area contributed by atoms with Gasteiger partial charge in [-0.25, -0.2) is 0 Å². The summed E-state index contributed by atoms with van der Waals surface area (Å²) >= 11 is 0. The topological polar surface area (TPSA) is 32.3 Å². The van der Waals surface area contributed by atoms with Gasteiger partial charge in [0.15, 0.2) is 0 Å². The Bertz CT molecular complexity index is 518. The molecule has 1 fully saturated rings. The number of carbonyl (C=O) groups is 1. The molecule has 1 amide bonds. The lowest BCUT2D eigenvalue weighted by molar-refractivity contribution is -0.123. The number of nitrogens with zero attached hydrogens (tertiary/aromatic N) is 1. The second-order valence-corrected chi connectivity index (χ2v) is 6.68. The van der Waals surface area contributed by atoms with Crippen molar-refractivity contribution in [3.05, 3.63) is 29.3 Å². The summed E-state index contributed by atoms with van der Waals surface area (Å²) in [5.41, 5.74) is 3.08. The molecule has 1 aliphatic rings. The molecule has 0 radical (unpaired) electrons. The molecule has 1 aromatic rings. The van der Waals surface area contributed by atoms with Gasteiger partial charge >= 0.3 is 0 Å². The lowest BCUT2D eigenvalue weighted by Gasteiger charge is -2.38. The van der Waals surface area contributed by atoms with Crippen molar-refractivity contribution < 1.29 is 9.18 Å². The quantitative estimate of drug-likeness (QED) is 0.813. The van der Waals surface area contributed by atoms with Gasteiger partial charge in [0.1, 0.15) is 0 Å². The smallest absolute Gasteiger partial charge is 0.241 e. The molecule has 0 unspecified atom stereocenters. The summed E-state index contributed by atoms with van der Waals surface area (Å²) in [5, 5.41) is 3.12. The number of nitrogens with one attached hydrogen (secondary N) is 1. The number of benzene rings is 1. The van der Waals surface area contributed by atoms with Crippen LogP contribution >= 0.6 is 12.4 Å². The van der Waals surface area contributed by atoms with Crippen LogP contribution in [0.2, 0.25) is 0 Å². The van der Waals surface area contributed by atoms with E-state index in [0.717, 1.165) is 49.2 Å². The van der Waals surface area contributed by atoms with Crippen molar-refractivity contribution in [2.24, 2.45) is 5.92 Å². The van der Waals surface area contributed by atoms with Gasteiger partial charge in [-0.1, -0.05) is 25.1 Å². The second kappa shape index (κ2) is 10.00. The maximum absolute atomic E-state index is 12.9. The van der Waals surface area contributed by atoms with Gasteiger partial charge in [-0.3, -0.25) is 14.1 Å². The van der Waals surface area contributed by atoms with Gasteiger partial charge in [0.2, 0.25) is 5.91 Å². The first-order valence-electron chi connectivity index (χ1n) is 8.73. The molecule has 0 spiro atoms. The molecule has 5 heteroatoms. The molecule has 24 heavy (non-hydrogen) atoms. The van der Waals surface area contributed by atoms with Gasteiger partial charge in [0.25, 0.3) is 0 Å². The fraction of sp³-hybridized carbons (Fsp3) is 0.632. The monoisotopic (exact) mass is 356 g/mol. The van der Waals surface area contributed by atoms with Crippen molar-refractivity contribution in [2.75, 3.05) is 25.1 Å². The third-order valence-corrected chi connectivity index (χ3v) is 4.88. The molecule has 136 valence electrons. The van der Waals surface area contributed by atoms with Crippen LogP contribution in [0, 0.1) is 19.8 Å². The van der Waals surface area contributed by atoms with Crippen LogP contribution in [0.15, 0.2) is 18.2 Å². The van der Waals surface area contributed by atoms with Crippen LogP contribution in [0.3, 0.4) is 0 Å². The van der Waals surface area contributed by atoms with Crippen molar-refractivity contribution in [3.8, 4) is 0 Å². The van der Waals surface area contributed by atoms with Gasteiger partial charge in [-0.2, -0.15) is 0 Å². The summed E-state index contributed by atoms with van der Waals surface area (Å²) in [5.74, 6) is 0.376. The van der Waals surface area contributed by atoms with Crippen molar-refractivity contribution in [1.82, 2.24) is 4.90 Å². The highest BCUT2D eigenvalue weighted by Gasteiger charge is 2.33. The number of hydrogen-bond donors (Lipinski definition) is 1. The molecule has 0 aliphatic carbocycles. The number of carbonyl (C=O) groups excluding carboxylic acids is 1. The summed E-state index contributed by atoms with van der Waals surface area (Å²) < 4.78 is 12.7. The molecule has 1 saturated heterocycles. The Labute approximate surface area is 151 Å². The minimum absolute atomic E-state index is 0. The zero-order valence-electron chi connectivity index (χ0n) is 15.0. The van der Waals surface area contributed by atoms with Crippen LogP contribution in [0.4, 0.5) is 10.1 Å². The Balaban J connectivity index is 0.00000288. The standard InChI is InChI=1S/C19H29FN2O.ClH/c1-4-11-22-12-9-16(8-10-20)13-17(22)19(23)21-18-14(2)6-5-7-15(18)3;/h5-7,16-17H,4,8-13H2,1-3H3,(H,21,23);1H/t16-,17+;/m1./s1. The molecular formula is C19H30ClFN2O. The molecule has 1 aliphatic heterocycles. The maximum Gasteiger partial charge on any atom is 0.241 e. The Morgan fingerprint density at radius 2 is 2.00 bits per heavy atom. The zero-order valence-corrected chi connectivity index (χ0v) is 15.8. The van der Waals surface area contributed by atoms with Crippen molar-refractivity contribution in [3.63, 3.8) is 0 Å². The van der Waals surface area contributed by atoms with Crippen molar-refractivity contribution in [1.29, 1.82) is 0 Å². The zero-order chi connectivity index (χ0) is 16.8. The van der Waals surface area contributed by atoms with Gasteiger partial charge < -0.3 is 5.32 Å². The Morgan fingerprint density at radius 3 is 2.58 bits per heavy atom. The van der Waals surface area contributed by atoms with E-state index in [0.29, 0.717) is 12.3 Å². The molecular weight excluding hydrogens is 327 g/mol. The lowest BCUT2D eigenvalue weighted by Crippen LogP contribution is -2.49. The first kappa shape index (κ1) is 20.9. The second-order valence-electron chi connectivity index (χ2n) is 6.68. The van der Waals surface area contributed by atoms with E-state index in [2.05, 4.69) is 17.1 Å². The van der Waals surface area contributed by atoms with Crippen LogP contribution in [0.25, 0.3) is 0 Å². The predicted molar refractivity (Wildman–Crippen MR) is 101 cm³/mol. The molecule has 0 bridgehead atoms. The molecule has 1 aromatic carbocycles. The van der Waals surface area contributed by atoms with Gasteiger partial charge in [-0.15, -0.1) is 12.4 Å². The Hall–Kier alpha value is -1.13. The van der Waals surface area contributed by atoms with Gasteiger partial charge in [0.05, 0.1) is 12.7 Å². The normalized spacial score (nSPS) is 21.2. The number of likely N-dealkylation sites (tertiary alicyclic amines) is 1. The highest BCUT2D eigenvalue weighted by atomic mass is 35.5. The molecule has 1 N–H and O–H groups in total. The summed E-state index contributed by atoms with van der Waals surface area (Å²) in [4.78, 5) is 15.1. The average Bonchev–Trinajstić information content (AvgIpc) is 2.53. The highest BCUT2D eigenvalue weighted by molar-refractivity contribution is 5.96. The van der Waals surface area contributed by atoms with Crippen LogP contribution < -0.4 is 5.32 Å². The van der Waals surface area contributed by atoms with E-state index in [4.69, 9.17) is 0 Å². The minimum Gasteiger partial charge on any atom is -0.324 e. The highest BCUT2D eigenvalue weighted by Crippen LogP contribution is 2.28. The molecule has 3 nitrogen and oxygen atoms in total. The van der Waals surface area contributed by atoms with Crippen LogP contribution in [0.1, 0.15) is 43.7 Å². The number of anilines is 1. The first-order valence-corrected chi connectivity index (χ1v) is 8.73. The largest absolute Gasteiger partial charge is 0.324 e. The van der Waals surface area contributed by atoms with Crippen LogP contribution in [-0.2, 0) is 4.79 Å². The minimum atomic E-state index is -0.288. The number of para-hydroxylation sites is 1. The molecule has 2 rings (SSSR count). The lowest BCUT2D eigenvalue weighted by atomic mass is 9.88. The van der Waals surface area contributed by atoms with Crippen molar-refractivity contribution in [2.45, 2.75) is 52.5 Å². The number of amides is 1. The van der Waals surface area contributed by atoms with E-state index >= 15 is 0 Å². The summed E-state index contributed by atoms with van der Waals surface area (Å²) in [6, 6.07) is 5.89. The molecule has 0 saturated carbocycles. The summed E-state index contributed by atoms with van der Waals surface area (Å²) in [7, 11) is 0. The molecule has 0 aromatic heterocycles.